The van der Waals surface area contributed by atoms with E-state index in [0.29, 0.717) is 5.56 Å². The number of fused-ring (bicyclic) bond motifs is 3. The van der Waals surface area contributed by atoms with Crippen LogP contribution in [0.5, 0.6) is 0 Å². The van der Waals surface area contributed by atoms with Gasteiger partial charge in [-0.15, -0.1) is 0 Å². The van der Waals surface area contributed by atoms with Crippen LogP contribution < -0.4 is 0 Å². The van der Waals surface area contributed by atoms with E-state index in [9.17, 15) is 8.42 Å². The van der Waals surface area contributed by atoms with Gasteiger partial charge >= 0.3 is 0 Å². The highest BCUT2D eigenvalue weighted by Gasteiger charge is 2.15. The van der Waals surface area contributed by atoms with Crippen molar-refractivity contribution in [3.63, 3.8) is 0 Å². The molecule has 0 fully saturated rings. The van der Waals surface area contributed by atoms with Crippen LogP contribution >= 0.6 is 0 Å². The molecule has 0 unspecified atom stereocenters. The van der Waals surface area contributed by atoms with E-state index in [1.165, 1.54) is 28.3 Å². The molecule has 0 spiro atoms. The summed E-state index contributed by atoms with van der Waals surface area (Å²) < 4.78 is 29.9. The lowest BCUT2D eigenvalue weighted by Gasteiger charge is -1.99. The van der Waals surface area contributed by atoms with Gasteiger partial charge in [0.25, 0.3) is 10.1 Å². The monoisotopic (exact) mass is 338 g/mol. The van der Waals surface area contributed by atoms with Crippen molar-refractivity contribution in [2.45, 2.75) is 18.2 Å². The lowest BCUT2D eigenvalue weighted by molar-refractivity contribution is 0.482. The lowest BCUT2D eigenvalue weighted by atomic mass is 10.1. The molecule has 0 saturated heterocycles. The van der Waals surface area contributed by atoms with Gasteiger partial charge in [-0.2, -0.15) is 8.42 Å². The van der Waals surface area contributed by atoms with Gasteiger partial charge in [0, 0.05) is 0 Å². The molecule has 0 radical (unpaired) electrons. The Morgan fingerprint density at radius 3 is 1.67 bits per heavy atom. The first-order chi connectivity index (χ1) is 11.5. The predicted octanol–water partition coefficient (Wildman–Crippen LogP) is 4.50. The van der Waals surface area contributed by atoms with E-state index in [0.717, 1.165) is 6.42 Å². The van der Waals surface area contributed by atoms with Crippen LogP contribution in [0.1, 0.15) is 16.7 Å². The molecule has 4 rings (SSSR count). The second-order valence-corrected chi connectivity index (χ2v) is 7.12. The van der Waals surface area contributed by atoms with Gasteiger partial charge in [-0.25, -0.2) is 0 Å². The fourth-order valence-electron chi connectivity index (χ4n) is 2.93. The molecule has 3 aromatic rings. The van der Waals surface area contributed by atoms with E-state index < -0.39 is 10.1 Å². The third kappa shape index (κ3) is 3.40. The van der Waals surface area contributed by atoms with E-state index in [1.807, 2.05) is 0 Å². The molecule has 1 aliphatic carbocycles. The van der Waals surface area contributed by atoms with Crippen molar-refractivity contribution < 1.29 is 13.0 Å². The first kappa shape index (κ1) is 16.4. The summed E-state index contributed by atoms with van der Waals surface area (Å²) in [6, 6.07) is 23.6. The molecule has 0 aromatic heterocycles. The van der Waals surface area contributed by atoms with Gasteiger partial charge in [-0.3, -0.25) is 4.55 Å². The molecule has 0 bridgehead atoms. The molecule has 0 atom stereocenters. The van der Waals surface area contributed by atoms with Crippen molar-refractivity contribution in [3.05, 3.63) is 89.5 Å². The summed E-state index contributed by atoms with van der Waals surface area (Å²) in [5.41, 5.74) is 6.30. The summed E-state index contributed by atoms with van der Waals surface area (Å²) in [7, 11) is -4.03. The molecule has 0 amide bonds. The highest BCUT2D eigenvalue weighted by atomic mass is 32.2. The Balaban J connectivity index is 0.000000144. The molecule has 3 aromatic carbocycles. The van der Waals surface area contributed by atoms with Crippen molar-refractivity contribution in [2.24, 2.45) is 0 Å². The topological polar surface area (TPSA) is 54.4 Å². The van der Waals surface area contributed by atoms with Crippen molar-refractivity contribution >= 4 is 10.1 Å². The van der Waals surface area contributed by atoms with E-state index in [4.69, 9.17) is 4.55 Å². The fourth-order valence-corrected chi connectivity index (χ4v) is 3.65. The molecule has 0 heterocycles. The maximum Gasteiger partial charge on any atom is 0.294 e. The number of aryl methyl sites for hydroxylation is 1. The lowest BCUT2D eigenvalue weighted by Crippen LogP contribution is -1.99. The minimum atomic E-state index is -4.03. The first-order valence-electron chi connectivity index (χ1n) is 7.66. The normalized spacial score (nSPS) is 11.9. The van der Waals surface area contributed by atoms with Crippen LogP contribution in [0.25, 0.3) is 11.1 Å². The summed E-state index contributed by atoms with van der Waals surface area (Å²) in [5.74, 6) is 0. The van der Waals surface area contributed by atoms with Crippen LogP contribution in [0.3, 0.4) is 0 Å². The average Bonchev–Trinajstić information content (AvgIpc) is 2.93. The number of benzene rings is 3. The Kier molecular flexibility index (Phi) is 4.51. The third-order valence-electron chi connectivity index (χ3n) is 4.08. The standard InChI is InChI=1S/C13H10.C7H8O3S/c1-3-7-12-10(5-1)9-11-6-2-4-8-13(11)12;1-6-4-2-3-5-7(6)11(8,9)10/h1-8H,9H2;2-5H,1H3,(H,8,9,10). The van der Waals surface area contributed by atoms with Crippen molar-refractivity contribution in [2.75, 3.05) is 0 Å². The first-order valence-corrected chi connectivity index (χ1v) is 9.10. The number of hydrogen-bond acceptors (Lipinski definition) is 2. The molecule has 0 saturated carbocycles. The predicted molar refractivity (Wildman–Crippen MR) is 95.7 cm³/mol. The Hall–Kier alpha value is -2.43. The number of hydrogen-bond donors (Lipinski definition) is 1. The summed E-state index contributed by atoms with van der Waals surface area (Å²) in [6.45, 7) is 1.63. The van der Waals surface area contributed by atoms with Crippen LogP contribution in [0, 0.1) is 6.92 Å². The van der Waals surface area contributed by atoms with Gasteiger partial charge in [-0.1, -0.05) is 66.7 Å². The van der Waals surface area contributed by atoms with Gasteiger partial charge < -0.3 is 0 Å². The van der Waals surface area contributed by atoms with Gasteiger partial charge in [0.05, 0.1) is 4.90 Å². The molecular formula is C20H18O3S. The Morgan fingerprint density at radius 1 is 0.750 bits per heavy atom. The Labute approximate surface area is 142 Å². The highest BCUT2D eigenvalue weighted by molar-refractivity contribution is 7.85. The largest absolute Gasteiger partial charge is 0.294 e. The van der Waals surface area contributed by atoms with Crippen LogP contribution in [-0.2, 0) is 16.5 Å². The van der Waals surface area contributed by atoms with Crippen LogP contribution in [0.4, 0.5) is 0 Å². The van der Waals surface area contributed by atoms with Gasteiger partial charge in [0.2, 0.25) is 0 Å². The van der Waals surface area contributed by atoms with Gasteiger partial charge in [0.15, 0.2) is 0 Å². The summed E-state index contributed by atoms with van der Waals surface area (Å²) in [6.07, 6.45) is 1.10. The minimum Gasteiger partial charge on any atom is -0.282 e. The molecular weight excluding hydrogens is 320 g/mol. The summed E-state index contributed by atoms with van der Waals surface area (Å²) >= 11 is 0. The molecule has 1 aliphatic rings. The molecule has 24 heavy (non-hydrogen) atoms. The maximum absolute atomic E-state index is 10.6. The Bertz CT molecular complexity index is 932. The van der Waals surface area contributed by atoms with Crippen molar-refractivity contribution in [1.29, 1.82) is 0 Å². The van der Waals surface area contributed by atoms with Crippen LogP contribution in [0.15, 0.2) is 77.7 Å². The van der Waals surface area contributed by atoms with Gasteiger partial charge in [0.1, 0.15) is 0 Å². The van der Waals surface area contributed by atoms with Crippen LogP contribution in [-0.4, -0.2) is 13.0 Å². The molecule has 0 aliphatic heterocycles. The summed E-state index contributed by atoms with van der Waals surface area (Å²) in [4.78, 5) is -0.0278. The zero-order valence-corrected chi connectivity index (χ0v) is 14.1. The van der Waals surface area contributed by atoms with Gasteiger partial charge in [-0.05, 0) is 47.2 Å². The van der Waals surface area contributed by atoms with Crippen LogP contribution in [0.2, 0.25) is 0 Å². The third-order valence-corrected chi connectivity index (χ3v) is 5.09. The minimum absolute atomic E-state index is 0.0278. The summed E-state index contributed by atoms with van der Waals surface area (Å²) in [5, 5.41) is 0. The molecule has 1 N–H and O–H groups in total. The number of rotatable bonds is 1. The van der Waals surface area contributed by atoms with E-state index in [-0.39, 0.29) is 4.90 Å². The van der Waals surface area contributed by atoms with Crippen molar-refractivity contribution in [3.8, 4) is 11.1 Å². The Morgan fingerprint density at radius 2 is 1.21 bits per heavy atom. The van der Waals surface area contributed by atoms with E-state index >= 15 is 0 Å². The maximum atomic E-state index is 10.6. The zero-order valence-electron chi connectivity index (χ0n) is 13.3. The van der Waals surface area contributed by atoms with Crippen molar-refractivity contribution in [1.82, 2.24) is 0 Å². The average molecular weight is 338 g/mol. The molecule has 3 nitrogen and oxygen atoms in total. The quantitative estimate of drug-likeness (QED) is 0.520. The van der Waals surface area contributed by atoms with E-state index in [1.54, 1.807) is 25.1 Å². The van der Waals surface area contributed by atoms with E-state index in [2.05, 4.69) is 48.5 Å². The second kappa shape index (κ2) is 6.59. The molecule has 4 heteroatoms. The fraction of sp³-hybridized carbons (Fsp3) is 0.100. The highest BCUT2D eigenvalue weighted by Crippen LogP contribution is 2.35. The molecule has 122 valence electrons. The SMILES string of the molecule is Cc1ccccc1S(=O)(=O)O.c1ccc2c(c1)Cc1ccccc1-2. The smallest absolute Gasteiger partial charge is 0.282 e. The zero-order chi connectivity index (χ0) is 17.2. The second-order valence-electron chi connectivity index (χ2n) is 5.73.